The molecule has 2 aromatic heterocycles. The maximum Gasteiger partial charge on any atom is 0.123 e. The third-order valence-electron chi connectivity index (χ3n) is 7.63. The lowest BCUT2D eigenvalue weighted by atomic mass is 9.90. The number of aromatic nitrogens is 2. The summed E-state index contributed by atoms with van der Waals surface area (Å²) in [6.07, 6.45) is 3.71. The van der Waals surface area contributed by atoms with E-state index in [2.05, 4.69) is 119 Å². The Balaban J connectivity index is 1.25. The Labute approximate surface area is 239 Å². The minimum Gasteiger partial charge on any atom is -0.245 e. The number of hydrogen-bond donors (Lipinski definition) is 0. The van der Waals surface area contributed by atoms with Crippen molar-refractivity contribution in [1.29, 1.82) is 0 Å². The molecule has 0 saturated carbocycles. The third kappa shape index (κ3) is 3.92. The summed E-state index contributed by atoms with van der Waals surface area (Å²) in [4.78, 5) is 8.90. The van der Waals surface area contributed by atoms with Crippen LogP contribution in [0.2, 0.25) is 0 Å². The summed E-state index contributed by atoms with van der Waals surface area (Å²) in [6.45, 7) is 0. The van der Waals surface area contributed by atoms with Crippen LogP contribution in [0, 0.1) is 0 Å². The van der Waals surface area contributed by atoms with Crippen molar-refractivity contribution >= 4 is 55.0 Å². The number of rotatable bonds is 4. The van der Waals surface area contributed by atoms with Gasteiger partial charge in [-0.25, -0.2) is 9.97 Å². The Morgan fingerprint density at radius 2 is 0.725 bits per heavy atom. The van der Waals surface area contributed by atoms with Gasteiger partial charge >= 0.3 is 0 Å². The summed E-state index contributed by atoms with van der Waals surface area (Å²) in [7, 11) is 0. The van der Waals surface area contributed by atoms with Crippen LogP contribution >= 0.6 is 22.7 Å². The highest BCUT2D eigenvalue weighted by Gasteiger charge is 2.12. The van der Waals surface area contributed by atoms with Crippen LogP contribution in [0.1, 0.15) is 0 Å². The molecule has 0 N–H and O–H groups in total. The van der Waals surface area contributed by atoms with Crippen LogP contribution in [-0.4, -0.2) is 9.97 Å². The second-order valence-corrected chi connectivity index (χ2v) is 11.7. The average Bonchev–Trinajstić information content (AvgIpc) is 3.77. The van der Waals surface area contributed by atoms with E-state index in [9.17, 15) is 0 Å². The van der Waals surface area contributed by atoms with E-state index in [4.69, 9.17) is 0 Å². The summed E-state index contributed by atoms with van der Waals surface area (Å²) >= 11 is 3.34. The van der Waals surface area contributed by atoms with E-state index in [1.54, 1.807) is 22.7 Å². The molecule has 8 aromatic rings. The molecule has 0 aliphatic rings. The molecule has 0 fully saturated rings. The molecule has 0 spiro atoms. The van der Waals surface area contributed by atoms with Crippen molar-refractivity contribution in [3.05, 3.63) is 132 Å². The lowest BCUT2D eigenvalue weighted by molar-refractivity contribution is 1.41. The van der Waals surface area contributed by atoms with Crippen molar-refractivity contribution in [2.24, 2.45) is 0 Å². The smallest absolute Gasteiger partial charge is 0.123 e. The van der Waals surface area contributed by atoms with Gasteiger partial charge in [0.15, 0.2) is 0 Å². The molecule has 0 bridgehead atoms. The van der Waals surface area contributed by atoms with Crippen LogP contribution in [0.5, 0.6) is 0 Å². The van der Waals surface area contributed by atoms with Crippen LogP contribution in [0.3, 0.4) is 0 Å². The Morgan fingerprint density at radius 1 is 0.350 bits per heavy atom. The fraction of sp³-hybridized carbons (Fsp3) is 0. The molecule has 0 unspecified atom stereocenters. The molecule has 6 aromatic carbocycles. The van der Waals surface area contributed by atoms with Crippen LogP contribution in [-0.2, 0) is 0 Å². The highest BCUT2D eigenvalue weighted by atomic mass is 32.1. The number of fused-ring (bicyclic) bond motifs is 6. The van der Waals surface area contributed by atoms with Crippen LogP contribution < -0.4 is 0 Å². The zero-order valence-electron chi connectivity index (χ0n) is 21.4. The fourth-order valence-corrected chi connectivity index (χ4v) is 6.95. The van der Waals surface area contributed by atoms with Gasteiger partial charge in [0.2, 0.25) is 0 Å². The molecule has 0 atom stereocenters. The topological polar surface area (TPSA) is 25.8 Å². The van der Waals surface area contributed by atoms with E-state index < -0.39 is 0 Å². The van der Waals surface area contributed by atoms with Gasteiger partial charge in [-0.05, 0) is 66.7 Å². The number of benzene rings is 6. The minimum absolute atomic E-state index is 1.05. The maximum absolute atomic E-state index is 4.45. The summed E-state index contributed by atoms with van der Waals surface area (Å²) < 4.78 is 0. The van der Waals surface area contributed by atoms with Crippen molar-refractivity contribution in [3.63, 3.8) is 0 Å². The average molecular weight is 547 g/mol. The Kier molecular flexibility index (Phi) is 5.54. The van der Waals surface area contributed by atoms with E-state index in [0.717, 1.165) is 21.1 Å². The fourth-order valence-electron chi connectivity index (χ4n) is 5.66. The van der Waals surface area contributed by atoms with Gasteiger partial charge in [-0.3, -0.25) is 0 Å². The van der Waals surface area contributed by atoms with Gasteiger partial charge in [0.1, 0.15) is 10.0 Å². The molecule has 40 heavy (non-hydrogen) atoms. The summed E-state index contributed by atoms with van der Waals surface area (Å²) in [5.41, 5.74) is 7.18. The number of thiazole rings is 2. The summed E-state index contributed by atoms with van der Waals surface area (Å²) in [6, 6.07) is 40.0. The molecule has 8 rings (SSSR count). The standard InChI is InChI=1S/C36H22N2S2/c1-2-4-30-29(3-1)33-21-27(23-5-9-25(10-6-23)35-37-17-19-39-35)13-15-31(33)32-16-14-28(22-34(30)32)24-7-11-26(12-8-24)36-38-18-20-40-36/h1-22H. The number of nitrogens with zero attached hydrogens (tertiary/aromatic N) is 2. The van der Waals surface area contributed by atoms with Crippen molar-refractivity contribution < 1.29 is 0 Å². The van der Waals surface area contributed by atoms with Gasteiger partial charge in [0.05, 0.1) is 0 Å². The highest BCUT2D eigenvalue weighted by molar-refractivity contribution is 7.13. The van der Waals surface area contributed by atoms with Gasteiger partial charge in [-0.15, -0.1) is 22.7 Å². The maximum atomic E-state index is 4.45. The molecule has 2 nitrogen and oxygen atoms in total. The molecule has 0 aliphatic heterocycles. The third-order valence-corrected chi connectivity index (χ3v) is 9.28. The quantitative estimate of drug-likeness (QED) is 0.205. The summed E-state index contributed by atoms with van der Waals surface area (Å²) in [5.74, 6) is 0. The van der Waals surface area contributed by atoms with E-state index in [1.807, 2.05) is 23.2 Å². The first-order valence-corrected chi connectivity index (χ1v) is 15.0. The first kappa shape index (κ1) is 23.3. The molecule has 0 saturated heterocycles. The molecular formula is C36H22N2S2. The van der Waals surface area contributed by atoms with E-state index in [0.29, 0.717) is 0 Å². The Morgan fingerprint density at radius 3 is 1.12 bits per heavy atom. The van der Waals surface area contributed by atoms with Crippen molar-refractivity contribution in [2.45, 2.75) is 0 Å². The van der Waals surface area contributed by atoms with Gasteiger partial charge in [-0.1, -0.05) is 97.1 Å². The van der Waals surface area contributed by atoms with Crippen molar-refractivity contribution in [3.8, 4) is 43.4 Å². The van der Waals surface area contributed by atoms with Crippen LogP contribution in [0.4, 0.5) is 0 Å². The molecule has 188 valence electrons. The van der Waals surface area contributed by atoms with Gasteiger partial charge < -0.3 is 0 Å². The molecule has 2 heterocycles. The largest absolute Gasteiger partial charge is 0.245 e. The second-order valence-electron chi connectivity index (χ2n) is 9.90. The van der Waals surface area contributed by atoms with E-state index in [1.165, 1.54) is 54.6 Å². The monoisotopic (exact) mass is 546 g/mol. The van der Waals surface area contributed by atoms with Gasteiger partial charge in [0, 0.05) is 34.3 Å². The zero-order chi connectivity index (χ0) is 26.5. The predicted octanol–water partition coefficient (Wildman–Crippen LogP) is 10.7. The zero-order valence-corrected chi connectivity index (χ0v) is 23.0. The minimum atomic E-state index is 1.05. The van der Waals surface area contributed by atoms with Gasteiger partial charge in [0.25, 0.3) is 0 Å². The first-order valence-electron chi connectivity index (χ1n) is 13.2. The molecule has 0 aliphatic carbocycles. The van der Waals surface area contributed by atoms with Crippen LogP contribution in [0.15, 0.2) is 132 Å². The SMILES string of the molecule is c1ccc2c(c1)c1cc(-c3ccc(-c4nccs4)cc3)ccc1c1ccc(-c3ccc(-c4nccs4)cc3)cc21. The van der Waals surface area contributed by atoms with Crippen molar-refractivity contribution in [1.82, 2.24) is 9.97 Å². The molecule has 0 radical (unpaired) electrons. The molecule has 0 amide bonds. The lowest BCUT2D eigenvalue weighted by Crippen LogP contribution is -1.87. The number of hydrogen-bond acceptors (Lipinski definition) is 4. The van der Waals surface area contributed by atoms with Gasteiger partial charge in [-0.2, -0.15) is 0 Å². The first-order chi connectivity index (χ1) is 19.8. The highest BCUT2D eigenvalue weighted by Crippen LogP contribution is 2.39. The molecular weight excluding hydrogens is 525 g/mol. The Bertz CT molecular complexity index is 1950. The summed E-state index contributed by atoms with van der Waals surface area (Å²) in [5, 5.41) is 13.8. The normalized spacial score (nSPS) is 11.5. The Hall–Kier alpha value is -4.64. The van der Waals surface area contributed by atoms with Crippen LogP contribution in [0.25, 0.3) is 75.7 Å². The van der Waals surface area contributed by atoms with E-state index in [-0.39, 0.29) is 0 Å². The van der Waals surface area contributed by atoms with Crippen molar-refractivity contribution in [2.75, 3.05) is 0 Å². The predicted molar refractivity (Wildman–Crippen MR) is 172 cm³/mol. The lowest BCUT2D eigenvalue weighted by Gasteiger charge is -2.14. The second kappa shape index (κ2) is 9.53. The van der Waals surface area contributed by atoms with E-state index >= 15 is 0 Å². The molecule has 4 heteroatoms.